The van der Waals surface area contributed by atoms with Crippen LogP contribution in [0.25, 0.3) is 0 Å². The Balaban J connectivity index is 1.68. The number of nitrogens with zero attached hydrogens (tertiary/aromatic N) is 1. The molecule has 0 radical (unpaired) electrons. The van der Waals surface area contributed by atoms with Crippen LogP contribution >= 0.6 is 0 Å². The molecule has 1 aromatic carbocycles. The first kappa shape index (κ1) is 14.8. The number of anilines is 1. The summed E-state index contributed by atoms with van der Waals surface area (Å²) in [6, 6.07) is 6.87. The molecule has 3 rings (SSSR count). The molecule has 2 atom stereocenters. The van der Waals surface area contributed by atoms with Crippen LogP contribution in [0.15, 0.2) is 18.2 Å². The van der Waals surface area contributed by atoms with E-state index in [0.29, 0.717) is 18.0 Å². The first-order valence-corrected chi connectivity index (χ1v) is 8.40. The first-order valence-electron chi connectivity index (χ1n) is 8.40. The van der Waals surface area contributed by atoms with E-state index in [1.165, 1.54) is 38.5 Å². The molecule has 2 aliphatic rings. The highest BCUT2D eigenvalue weighted by Crippen LogP contribution is 2.32. The van der Waals surface area contributed by atoms with Crippen molar-refractivity contribution in [1.29, 1.82) is 0 Å². The number of halogens is 1. The monoisotopic (exact) mass is 290 g/mol. The van der Waals surface area contributed by atoms with E-state index in [9.17, 15) is 4.39 Å². The van der Waals surface area contributed by atoms with Gasteiger partial charge < -0.3 is 10.2 Å². The molecular formula is C18H27FN2. The van der Waals surface area contributed by atoms with E-state index >= 15 is 0 Å². The average Bonchev–Trinajstić information content (AvgIpc) is 3.29. The Morgan fingerprint density at radius 1 is 1.19 bits per heavy atom. The number of benzene rings is 1. The molecule has 0 spiro atoms. The predicted octanol–water partition coefficient (Wildman–Crippen LogP) is 4.09. The van der Waals surface area contributed by atoms with Gasteiger partial charge in [-0.1, -0.05) is 25.8 Å². The summed E-state index contributed by atoms with van der Waals surface area (Å²) in [5, 5.41) is 3.44. The molecule has 2 nitrogen and oxygen atoms in total. The maximum absolute atomic E-state index is 14.5. The third-order valence-corrected chi connectivity index (χ3v) is 5.13. The van der Waals surface area contributed by atoms with Gasteiger partial charge in [0.25, 0.3) is 0 Å². The van der Waals surface area contributed by atoms with Crippen LogP contribution in [0.2, 0.25) is 0 Å². The second kappa shape index (κ2) is 6.35. The van der Waals surface area contributed by atoms with E-state index in [2.05, 4.69) is 23.2 Å². The van der Waals surface area contributed by atoms with E-state index in [1.807, 2.05) is 13.1 Å². The first-order chi connectivity index (χ1) is 10.1. The lowest BCUT2D eigenvalue weighted by Gasteiger charge is -2.37. The van der Waals surface area contributed by atoms with E-state index < -0.39 is 0 Å². The number of hydrogen-bond donors (Lipinski definition) is 1. The largest absolute Gasteiger partial charge is 0.369 e. The van der Waals surface area contributed by atoms with Crippen LogP contribution in [-0.4, -0.2) is 19.1 Å². The van der Waals surface area contributed by atoms with Gasteiger partial charge >= 0.3 is 0 Å². The van der Waals surface area contributed by atoms with Crippen molar-refractivity contribution in [2.24, 2.45) is 5.92 Å². The zero-order valence-electron chi connectivity index (χ0n) is 13.2. The van der Waals surface area contributed by atoms with Crippen LogP contribution < -0.4 is 10.2 Å². The average molecular weight is 290 g/mol. The van der Waals surface area contributed by atoms with Gasteiger partial charge in [-0.05, 0) is 49.3 Å². The zero-order chi connectivity index (χ0) is 14.8. The number of nitrogens with one attached hydrogen (secondary N) is 1. The SMILES string of the molecule is CC1CCCCC1N(C)c1ccc(CNC2CC2)cc1F. The van der Waals surface area contributed by atoms with Gasteiger partial charge in [-0.2, -0.15) is 0 Å². The smallest absolute Gasteiger partial charge is 0.146 e. The van der Waals surface area contributed by atoms with E-state index in [0.717, 1.165) is 17.8 Å². The summed E-state index contributed by atoms with van der Waals surface area (Å²) in [5.74, 6) is 0.574. The summed E-state index contributed by atoms with van der Waals surface area (Å²) in [6.07, 6.45) is 7.57. The minimum Gasteiger partial charge on any atom is -0.369 e. The Hall–Kier alpha value is -1.09. The molecule has 3 heteroatoms. The van der Waals surface area contributed by atoms with Crippen molar-refractivity contribution in [3.05, 3.63) is 29.6 Å². The maximum atomic E-state index is 14.5. The molecule has 0 heterocycles. The van der Waals surface area contributed by atoms with Crippen molar-refractivity contribution in [1.82, 2.24) is 5.32 Å². The van der Waals surface area contributed by atoms with E-state index in [4.69, 9.17) is 0 Å². The third kappa shape index (κ3) is 3.57. The summed E-state index contributed by atoms with van der Waals surface area (Å²) in [7, 11) is 2.05. The molecule has 0 amide bonds. The third-order valence-electron chi connectivity index (χ3n) is 5.13. The van der Waals surface area contributed by atoms with Crippen molar-refractivity contribution in [2.75, 3.05) is 11.9 Å². The fourth-order valence-electron chi connectivity index (χ4n) is 3.55. The predicted molar refractivity (Wildman–Crippen MR) is 86.1 cm³/mol. The molecule has 2 fully saturated rings. The van der Waals surface area contributed by atoms with Crippen molar-refractivity contribution in [3.63, 3.8) is 0 Å². The lowest BCUT2D eigenvalue weighted by atomic mass is 9.85. The molecule has 0 aromatic heterocycles. The van der Waals surface area contributed by atoms with E-state index in [-0.39, 0.29) is 5.82 Å². The molecule has 1 aromatic rings. The van der Waals surface area contributed by atoms with Gasteiger partial charge in [0.2, 0.25) is 0 Å². The van der Waals surface area contributed by atoms with Crippen LogP contribution in [0, 0.1) is 11.7 Å². The molecule has 116 valence electrons. The quantitative estimate of drug-likeness (QED) is 0.878. The molecule has 2 aliphatic carbocycles. The van der Waals surface area contributed by atoms with Crippen LogP contribution in [0.5, 0.6) is 0 Å². The number of rotatable bonds is 5. The highest BCUT2D eigenvalue weighted by Gasteiger charge is 2.26. The minimum atomic E-state index is -0.0784. The fourth-order valence-corrected chi connectivity index (χ4v) is 3.55. The topological polar surface area (TPSA) is 15.3 Å². The Morgan fingerprint density at radius 2 is 1.95 bits per heavy atom. The Kier molecular flexibility index (Phi) is 4.48. The molecule has 0 bridgehead atoms. The standard InChI is InChI=1S/C18H27FN2/c1-13-5-3-4-6-17(13)21(2)18-10-7-14(11-16(18)19)12-20-15-8-9-15/h7,10-11,13,15,17,20H,3-6,8-9,12H2,1-2H3. The molecule has 2 unspecified atom stereocenters. The van der Waals surface area contributed by atoms with Crippen LogP contribution in [-0.2, 0) is 6.54 Å². The second-order valence-corrected chi connectivity index (χ2v) is 6.88. The molecule has 21 heavy (non-hydrogen) atoms. The Bertz CT molecular complexity index is 484. The van der Waals surface area contributed by atoms with Crippen LogP contribution in [0.1, 0.15) is 51.0 Å². The van der Waals surface area contributed by atoms with Gasteiger partial charge in [0.05, 0.1) is 5.69 Å². The van der Waals surface area contributed by atoms with Gasteiger partial charge in [-0.25, -0.2) is 4.39 Å². The van der Waals surface area contributed by atoms with Gasteiger partial charge in [-0.15, -0.1) is 0 Å². The Labute approximate surface area is 127 Å². The summed E-state index contributed by atoms with van der Waals surface area (Å²) >= 11 is 0. The molecule has 0 saturated heterocycles. The van der Waals surface area contributed by atoms with Gasteiger partial charge in [0.15, 0.2) is 0 Å². The van der Waals surface area contributed by atoms with Crippen molar-refractivity contribution in [2.45, 2.75) is 64.1 Å². The Morgan fingerprint density at radius 3 is 2.62 bits per heavy atom. The van der Waals surface area contributed by atoms with Gasteiger partial charge in [-0.3, -0.25) is 0 Å². The molecule has 1 N–H and O–H groups in total. The second-order valence-electron chi connectivity index (χ2n) is 6.88. The summed E-state index contributed by atoms with van der Waals surface area (Å²) in [4.78, 5) is 2.16. The van der Waals surface area contributed by atoms with E-state index in [1.54, 1.807) is 6.07 Å². The summed E-state index contributed by atoms with van der Waals surface area (Å²) in [5.41, 5.74) is 1.80. The normalized spacial score (nSPS) is 25.9. The zero-order valence-corrected chi connectivity index (χ0v) is 13.2. The van der Waals surface area contributed by atoms with Crippen LogP contribution in [0.3, 0.4) is 0 Å². The lowest BCUT2D eigenvalue weighted by molar-refractivity contribution is 0.320. The lowest BCUT2D eigenvalue weighted by Crippen LogP contribution is -2.39. The molecule has 2 saturated carbocycles. The maximum Gasteiger partial charge on any atom is 0.146 e. The van der Waals surface area contributed by atoms with Crippen molar-refractivity contribution in [3.8, 4) is 0 Å². The summed E-state index contributed by atoms with van der Waals surface area (Å²) in [6.45, 7) is 3.08. The van der Waals surface area contributed by atoms with Crippen LogP contribution in [0.4, 0.5) is 10.1 Å². The molecular weight excluding hydrogens is 263 g/mol. The highest BCUT2D eigenvalue weighted by atomic mass is 19.1. The fraction of sp³-hybridized carbons (Fsp3) is 0.667. The number of hydrogen-bond acceptors (Lipinski definition) is 2. The van der Waals surface area contributed by atoms with Crippen molar-refractivity contribution < 1.29 is 4.39 Å². The minimum absolute atomic E-state index is 0.0784. The summed E-state index contributed by atoms with van der Waals surface area (Å²) < 4.78 is 14.5. The van der Waals surface area contributed by atoms with Gasteiger partial charge in [0, 0.05) is 25.7 Å². The molecule has 0 aliphatic heterocycles. The highest BCUT2D eigenvalue weighted by molar-refractivity contribution is 5.49. The van der Waals surface area contributed by atoms with Crippen molar-refractivity contribution >= 4 is 5.69 Å². The van der Waals surface area contributed by atoms with Gasteiger partial charge in [0.1, 0.15) is 5.82 Å².